The Morgan fingerprint density at radius 2 is 2.41 bits per heavy atom. The average Bonchev–Trinajstić information content (AvgIpc) is 2.33. The third kappa shape index (κ3) is 2.97. The maximum atomic E-state index is 6.03. The van der Waals surface area contributed by atoms with Gasteiger partial charge in [0.25, 0.3) is 0 Å². The fraction of sp³-hybridized carbons (Fsp3) is 0.583. The standard InChI is InChI=1S/C12H18BrN3O/c1-2-17-11-7-9(8-15-12(11)13)10-5-3-4-6-16(10)14/h7-8,10H,2-6,14H2,1H3/t10-/m1/s1. The second kappa shape index (κ2) is 5.80. The van der Waals surface area contributed by atoms with E-state index < -0.39 is 0 Å². The van der Waals surface area contributed by atoms with Crippen LogP contribution in [-0.4, -0.2) is 23.1 Å². The van der Waals surface area contributed by atoms with E-state index in [4.69, 9.17) is 10.6 Å². The molecular formula is C12H18BrN3O. The van der Waals surface area contributed by atoms with Crippen molar-refractivity contribution in [2.45, 2.75) is 32.2 Å². The van der Waals surface area contributed by atoms with E-state index in [-0.39, 0.29) is 6.04 Å². The molecule has 1 aromatic heterocycles. The first-order chi connectivity index (χ1) is 8.22. The lowest BCUT2D eigenvalue weighted by Crippen LogP contribution is -2.38. The number of hydrogen-bond acceptors (Lipinski definition) is 4. The van der Waals surface area contributed by atoms with E-state index in [1.165, 1.54) is 12.8 Å². The van der Waals surface area contributed by atoms with Gasteiger partial charge >= 0.3 is 0 Å². The van der Waals surface area contributed by atoms with Gasteiger partial charge in [0.05, 0.1) is 12.6 Å². The molecule has 1 fully saturated rings. The maximum absolute atomic E-state index is 6.03. The molecule has 2 rings (SSSR count). The topological polar surface area (TPSA) is 51.4 Å². The molecule has 0 bridgehead atoms. The highest BCUT2D eigenvalue weighted by Gasteiger charge is 2.22. The fourth-order valence-electron chi connectivity index (χ4n) is 2.19. The molecule has 0 radical (unpaired) electrons. The Morgan fingerprint density at radius 1 is 1.59 bits per heavy atom. The number of pyridine rings is 1. The normalized spacial score (nSPS) is 21.5. The summed E-state index contributed by atoms with van der Waals surface area (Å²) < 4.78 is 6.29. The van der Waals surface area contributed by atoms with Gasteiger partial charge in [-0.15, -0.1) is 0 Å². The zero-order valence-electron chi connectivity index (χ0n) is 10.0. The van der Waals surface area contributed by atoms with Gasteiger partial charge in [-0.1, -0.05) is 6.42 Å². The van der Waals surface area contributed by atoms with Gasteiger partial charge in [0, 0.05) is 12.7 Å². The van der Waals surface area contributed by atoms with Crippen LogP contribution >= 0.6 is 15.9 Å². The Morgan fingerprint density at radius 3 is 3.12 bits per heavy atom. The minimum atomic E-state index is 0.267. The summed E-state index contributed by atoms with van der Waals surface area (Å²) >= 11 is 3.39. The van der Waals surface area contributed by atoms with Gasteiger partial charge in [0.2, 0.25) is 0 Å². The highest BCUT2D eigenvalue weighted by molar-refractivity contribution is 9.10. The summed E-state index contributed by atoms with van der Waals surface area (Å²) in [6.07, 6.45) is 5.36. The monoisotopic (exact) mass is 299 g/mol. The molecule has 1 aliphatic rings. The molecule has 94 valence electrons. The SMILES string of the molecule is CCOc1cc([C@H]2CCCCN2N)cnc1Br. The third-order valence-electron chi connectivity index (χ3n) is 3.06. The van der Waals surface area contributed by atoms with E-state index in [1.807, 2.05) is 24.2 Å². The second-order valence-electron chi connectivity index (χ2n) is 4.24. The smallest absolute Gasteiger partial charge is 0.152 e. The van der Waals surface area contributed by atoms with E-state index in [0.717, 1.165) is 28.9 Å². The van der Waals surface area contributed by atoms with E-state index in [0.29, 0.717) is 6.61 Å². The average molecular weight is 300 g/mol. The van der Waals surface area contributed by atoms with Crippen LogP contribution in [0.5, 0.6) is 5.75 Å². The molecule has 1 atom stereocenters. The molecule has 0 saturated carbocycles. The maximum Gasteiger partial charge on any atom is 0.152 e. The van der Waals surface area contributed by atoms with Gasteiger partial charge < -0.3 is 4.74 Å². The van der Waals surface area contributed by atoms with Crippen molar-refractivity contribution in [2.24, 2.45) is 5.84 Å². The molecule has 0 unspecified atom stereocenters. The first-order valence-electron chi connectivity index (χ1n) is 6.02. The highest BCUT2D eigenvalue weighted by Crippen LogP contribution is 2.32. The molecule has 1 aliphatic heterocycles. The van der Waals surface area contributed by atoms with Crippen molar-refractivity contribution in [1.82, 2.24) is 9.99 Å². The molecule has 17 heavy (non-hydrogen) atoms. The Kier molecular flexibility index (Phi) is 4.36. The van der Waals surface area contributed by atoms with Crippen LogP contribution in [0.1, 0.15) is 37.8 Å². The summed E-state index contributed by atoms with van der Waals surface area (Å²) in [7, 11) is 0. The summed E-state index contributed by atoms with van der Waals surface area (Å²) in [5.74, 6) is 6.82. The number of rotatable bonds is 3. The summed E-state index contributed by atoms with van der Waals surface area (Å²) in [5, 5.41) is 1.91. The molecule has 1 aromatic rings. The van der Waals surface area contributed by atoms with Crippen LogP contribution in [0, 0.1) is 0 Å². The molecule has 0 spiro atoms. The van der Waals surface area contributed by atoms with Crippen LogP contribution in [0.25, 0.3) is 0 Å². The van der Waals surface area contributed by atoms with Crippen molar-refractivity contribution >= 4 is 15.9 Å². The van der Waals surface area contributed by atoms with Crippen molar-refractivity contribution in [2.75, 3.05) is 13.2 Å². The van der Waals surface area contributed by atoms with Crippen LogP contribution < -0.4 is 10.6 Å². The minimum Gasteiger partial charge on any atom is -0.491 e. The quantitative estimate of drug-likeness (QED) is 0.689. The number of aromatic nitrogens is 1. The predicted octanol–water partition coefficient (Wildman–Crippen LogP) is 2.64. The second-order valence-corrected chi connectivity index (χ2v) is 4.99. The molecular weight excluding hydrogens is 282 g/mol. The van der Waals surface area contributed by atoms with E-state index in [2.05, 4.69) is 20.9 Å². The highest BCUT2D eigenvalue weighted by atomic mass is 79.9. The lowest BCUT2D eigenvalue weighted by molar-refractivity contribution is 0.151. The van der Waals surface area contributed by atoms with E-state index >= 15 is 0 Å². The first kappa shape index (κ1) is 12.8. The summed E-state index contributed by atoms with van der Waals surface area (Å²) in [5.41, 5.74) is 1.14. The lowest BCUT2D eigenvalue weighted by atomic mass is 9.98. The molecule has 5 heteroatoms. The van der Waals surface area contributed by atoms with Crippen LogP contribution in [0.15, 0.2) is 16.9 Å². The number of nitrogens with zero attached hydrogens (tertiary/aromatic N) is 2. The van der Waals surface area contributed by atoms with Crippen LogP contribution in [0.4, 0.5) is 0 Å². The number of halogens is 1. The van der Waals surface area contributed by atoms with Gasteiger partial charge in [0.1, 0.15) is 4.60 Å². The minimum absolute atomic E-state index is 0.267. The molecule has 0 aromatic carbocycles. The van der Waals surface area contributed by atoms with Crippen molar-refractivity contribution in [3.05, 3.63) is 22.4 Å². The Hall–Kier alpha value is -0.650. The Balaban J connectivity index is 2.22. The molecule has 4 nitrogen and oxygen atoms in total. The van der Waals surface area contributed by atoms with Gasteiger partial charge in [-0.3, -0.25) is 5.84 Å². The summed E-state index contributed by atoms with van der Waals surface area (Å²) in [6, 6.07) is 2.31. The number of nitrogens with two attached hydrogens (primary N) is 1. The number of piperidine rings is 1. The largest absolute Gasteiger partial charge is 0.491 e. The first-order valence-corrected chi connectivity index (χ1v) is 6.81. The van der Waals surface area contributed by atoms with E-state index in [9.17, 15) is 0 Å². The summed E-state index contributed by atoms with van der Waals surface area (Å²) in [6.45, 7) is 3.56. The Bertz CT molecular complexity index is 386. The predicted molar refractivity (Wildman–Crippen MR) is 70.6 cm³/mol. The zero-order chi connectivity index (χ0) is 12.3. The molecule has 2 heterocycles. The fourth-order valence-corrected chi connectivity index (χ4v) is 2.53. The zero-order valence-corrected chi connectivity index (χ0v) is 11.6. The van der Waals surface area contributed by atoms with Gasteiger partial charge in [-0.05, 0) is 47.3 Å². The van der Waals surface area contributed by atoms with Crippen molar-refractivity contribution in [3.63, 3.8) is 0 Å². The number of hydrogen-bond donors (Lipinski definition) is 1. The van der Waals surface area contributed by atoms with Crippen LogP contribution in [-0.2, 0) is 0 Å². The molecule has 2 N–H and O–H groups in total. The van der Waals surface area contributed by atoms with Gasteiger partial charge in [0.15, 0.2) is 5.75 Å². The van der Waals surface area contributed by atoms with Crippen molar-refractivity contribution in [3.8, 4) is 5.75 Å². The Labute approximate surface area is 110 Å². The third-order valence-corrected chi connectivity index (χ3v) is 3.65. The van der Waals surface area contributed by atoms with Crippen molar-refractivity contribution < 1.29 is 4.74 Å². The molecule has 0 amide bonds. The number of hydrazine groups is 1. The lowest BCUT2D eigenvalue weighted by Gasteiger charge is -2.32. The summed E-state index contributed by atoms with van der Waals surface area (Å²) in [4.78, 5) is 4.32. The van der Waals surface area contributed by atoms with Crippen molar-refractivity contribution in [1.29, 1.82) is 0 Å². The van der Waals surface area contributed by atoms with Gasteiger partial charge in [-0.25, -0.2) is 9.99 Å². The number of ether oxygens (including phenoxy) is 1. The van der Waals surface area contributed by atoms with Gasteiger partial charge in [-0.2, -0.15) is 0 Å². The molecule has 0 aliphatic carbocycles. The van der Waals surface area contributed by atoms with E-state index in [1.54, 1.807) is 0 Å². The molecule has 1 saturated heterocycles. The van der Waals surface area contributed by atoms with Crippen LogP contribution in [0.2, 0.25) is 0 Å². The van der Waals surface area contributed by atoms with Crippen LogP contribution in [0.3, 0.4) is 0 Å².